The second-order valence-electron chi connectivity index (χ2n) is 9.54. The monoisotopic (exact) mass is 508 g/mol. The number of benzene rings is 1. The van der Waals surface area contributed by atoms with E-state index in [9.17, 15) is 9.90 Å². The largest absolute Gasteiger partial charge is 0.497 e. The third-order valence-corrected chi connectivity index (χ3v) is 8.11. The van der Waals surface area contributed by atoms with E-state index in [1.165, 1.54) is 5.56 Å². The Kier molecular flexibility index (Phi) is 8.95. The summed E-state index contributed by atoms with van der Waals surface area (Å²) < 4.78 is 20.8. The zero-order chi connectivity index (χ0) is 25.5. The number of nitrogens with zero attached hydrogens (tertiary/aromatic N) is 2. The summed E-state index contributed by atoms with van der Waals surface area (Å²) in [4.78, 5) is 19.1. The van der Waals surface area contributed by atoms with Crippen LogP contribution in [0.4, 0.5) is 4.39 Å². The Labute approximate surface area is 216 Å². The molecule has 3 aromatic rings. The maximum absolute atomic E-state index is 15.5. The third-order valence-electron chi connectivity index (χ3n) is 7.18. The Bertz CT molecular complexity index is 1250. The second-order valence-corrected chi connectivity index (χ2v) is 10.5. The number of ether oxygens (including phenoxy) is 1. The molecule has 7 heteroatoms. The van der Waals surface area contributed by atoms with E-state index in [1.54, 1.807) is 30.7 Å². The summed E-state index contributed by atoms with van der Waals surface area (Å²) in [5, 5.41) is 12.1. The van der Waals surface area contributed by atoms with Gasteiger partial charge in [-0.3, -0.25) is 14.7 Å². The van der Waals surface area contributed by atoms with Crippen molar-refractivity contribution in [2.24, 2.45) is 11.8 Å². The highest BCUT2D eigenvalue weighted by Gasteiger charge is 2.30. The number of likely N-dealkylation sites (tertiary alicyclic amines) is 1. The Morgan fingerprint density at radius 3 is 2.92 bits per heavy atom. The van der Waals surface area contributed by atoms with Crippen molar-refractivity contribution in [3.05, 3.63) is 57.9 Å². The smallest absolute Gasteiger partial charge is 0.303 e. The van der Waals surface area contributed by atoms with Crippen LogP contribution in [0.5, 0.6) is 5.75 Å². The van der Waals surface area contributed by atoms with Crippen LogP contribution in [0.1, 0.15) is 54.3 Å². The Morgan fingerprint density at radius 2 is 2.17 bits per heavy atom. The van der Waals surface area contributed by atoms with Crippen LogP contribution >= 0.6 is 11.3 Å². The Morgan fingerprint density at radius 1 is 1.31 bits per heavy atom. The van der Waals surface area contributed by atoms with E-state index in [0.717, 1.165) is 41.7 Å². The van der Waals surface area contributed by atoms with Crippen molar-refractivity contribution in [3.63, 3.8) is 0 Å². The molecular formula is C29H33FN2O3S. The van der Waals surface area contributed by atoms with Gasteiger partial charge in [0.25, 0.3) is 0 Å². The summed E-state index contributed by atoms with van der Waals surface area (Å²) in [5.74, 6) is 6.99. The number of hydrogen-bond acceptors (Lipinski definition) is 5. The first-order valence-corrected chi connectivity index (χ1v) is 13.4. The van der Waals surface area contributed by atoms with Gasteiger partial charge in [-0.1, -0.05) is 11.8 Å². The predicted octanol–water partition coefficient (Wildman–Crippen LogP) is 6.26. The fourth-order valence-electron chi connectivity index (χ4n) is 5.11. The first-order chi connectivity index (χ1) is 17.4. The highest BCUT2D eigenvalue weighted by molar-refractivity contribution is 7.10. The molecule has 36 heavy (non-hydrogen) atoms. The van der Waals surface area contributed by atoms with Crippen molar-refractivity contribution < 1.29 is 19.0 Å². The molecular weight excluding hydrogens is 475 g/mol. The van der Waals surface area contributed by atoms with Gasteiger partial charge in [-0.25, -0.2) is 4.39 Å². The zero-order valence-electron chi connectivity index (χ0n) is 20.9. The van der Waals surface area contributed by atoms with Crippen LogP contribution in [0.3, 0.4) is 0 Å². The van der Waals surface area contributed by atoms with Crippen LogP contribution in [0.2, 0.25) is 0 Å². The summed E-state index contributed by atoms with van der Waals surface area (Å²) in [6.07, 6.45) is 3.37. The summed E-state index contributed by atoms with van der Waals surface area (Å²) in [6, 6.07) is 9.36. The number of methoxy groups -OCH3 is 1. The van der Waals surface area contributed by atoms with Gasteiger partial charge < -0.3 is 9.84 Å². The maximum Gasteiger partial charge on any atom is 0.303 e. The van der Waals surface area contributed by atoms with Gasteiger partial charge in [0, 0.05) is 24.5 Å². The van der Waals surface area contributed by atoms with Gasteiger partial charge >= 0.3 is 5.97 Å². The number of rotatable bonds is 9. The fraction of sp³-hybridized carbons (Fsp3) is 0.448. The number of fused-ring (bicyclic) bond motifs is 1. The van der Waals surface area contributed by atoms with E-state index >= 15 is 4.39 Å². The summed E-state index contributed by atoms with van der Waals surface area (Å²) in [7, 11) is 1.60. The molecule has 3 atom stereocenters. The van der Waals surface area contributed by atoms with Gasteiger partial charge in [0.15, 0.2) is 0 Å². The standard InChI is InChI=1S/C29H33FN2O3S/c1-20-13-17-36-28(20)4-3-15-32-16-12-21(22(19-32)6-10-29(33)34)5-8-26(30)24-11-14-31-27-9-7-23(35-2)18-25(24)27/h7,9,11,13-14,17-18,21-22,26H,5-6,8,10,12,15-16,19H2,1-2H3,(H,33,34)/t21?,22?,26-/m0/s1. The van der Waals surface area contributed by atoms with Gasteiger partial charge in [-0.05, 0) is 97.8 Å². The molecule has 2 aromatic heterocycles. The van der Waals surface area contributed by atoms with E-state index in [-0.39, 0.29) is 12.3 Å². The number of carboxylic acids is 1. The number of alkyl halides is 1. The molecule has 1 saturated heterocycles. The van der Waals surface area contributed by atoms with Gasteiger partial charge in [-0.2, -0.15) is 0 Å². The lowest BCUT2D eigenvalue weighted by Gasteiger charge is -2.38. The molecule has 5 nitrogen and oxygen atoms in total. The molecule has 1 N–H and O–H groups in total. The van der Waals surface area contributed by atoms with Crippen LogP contribution in [0, 0.1) is 30.6 Å². The van der Waals surface area contributed by atoms with Crippen molar-refractivity contribution >= 4 is 28.2 Å². The lowest BCUT2D eigenvalue weighted by atomic mass is 9.79. The normalized spacial score (nSPS) is 19.0. The van der Waals surface area contributed by atoms with Crippen LogP contribution in [0.15, 0.2) is 41.9 Å². The molecule has 0 bridgehead atoms. The van der Waals surface area contributed by atoms with Crippen molar-refractivity contribution in [1.29, 1.82) is 0 Å². The van der Waals surface area contributed by atoms with Crippen molar-refractivity contribution in [2.75, 3.05) is 26.7 Å². The predicted molar refractivity (Wildman–Crippen MR) is 142 cm³/mol. The fourth-order valence-corrected chi connectivity index (χ4v) is 5.90. The van der Waals surface area contributed by atoms with E-state index in [0.29, 0.717) is 36.6 Å². The zero-order valence-corrected chi connectivity index (χ0v) is 21.7. The lowest BCUT2D eigenvalue weighted by Crippen LogP contribution is -2.41. The molecule has 0 radical (unpaired) electrons. The number of halogens is 1. The first-order valence-electron chi connectivity index (χ1n) is 12.5. The summed E-state index contributed by atoms with van der Waals surface area (Å²) in [6.45, 7) is 4.45. The average Bonchev–Trinajstić information content (AvgIpc) is 3.30. The van der Waals surface area contributed by atoms with Gasteiger partial charge in [-0.15, -0.1) is 11.3 Å². The topological polar surface area (TPSA) is 62.7 Å². The van der Waals surface area contributed by atoms with Crippen LogP contribution in [-0.2, 0) is 4.79 Å². The average molecular weight is 509 g/mol. The molecule has 1 fully saturated rings. The second kappa shape index (κ2) is 12.3. The summed E-state index contributed by atoms with van der Waals surface area (Å²) in [5.41, 5.74) is 2.59. The number of piperidine rings is 1. The number of aliphatic carboxylic acids is 1. The van der Waals surface area contributed by atoms with Gasteiger partial charge in [0.05, 0.1) is 24.0 Å². The molecule has 1 aromatic carbocycles. The maximum atomic E-state index is 15.5. The molecule has 1 aliphatic rings. The molecule has 0 saturated carbocycles. The molecule has 2 unspecified atom stereocenters. The minimum atomic E-state index is -1.11. The van der Waals surface area contributed by atoms with Crippen LogP contribution < -0.4 is 4.74 Å². The van der Waals surface area contributed by atoms with Crippen LogP contribution in [-0.4, -0.2) is 47.7 Å². The highest BCUT2D eigenvalue weighted by atomic mass is 32.1. The highest BCUT2D eigenvalue weighted by Crippen LogP contribution is 2.36. The van der Waals surface area contributed by atoms with Crippen molar-refractivity contribution in [2.45, 2.75) is 45.2 Å². The quantitative estimate of drug-likeness (QED) is 0.346. The number of carboxylic acid groups (broad SMARTS) is 1. The number of thiophene rings is 1. The number of aromatic nitrogens is 1. The molecule has 3 heterocycles. The molecule has 190 valence electrons. The first kappa shape index (κ1) is 26.1. The SMILES string of the molecule is COc1ccc2nccc([C@@H](F)CCC3CCN(CC#Cc4sccc4C)CC3CCC(=O)O)c2c1. The molecule has 0 amide bonds. The molecule has 1 aliphatic heterocycles. The Balaban J connectivity index is 1.40. The molecule has 4 rings (SSSR count). The van der Waals surface area contributed by atoms with E-state index in [4.69, 9.17) is 4.74 Å². The Hall–Kier alpha value is -2.95. The number of hydrogen-bond donors (Lipinski definition) is 1. The number of pyridine rings is 1. The van der Waals surface area contributed by atoms with Crippen molar-refractivity contribution in [1.82, 2.24) is 9.88 Å². The van der Waals surface area contributed by atoms with Crippen LogP contribution in [0.25, 0.3) is 10.9 Å². The van der Waals surface area contributed by atoms with Gasteiger partial charge in [0.1, 0.15) is 11.9 Å². The van der Waals surface area contributed by atoms with Gasteiger partial charge in [0.2, 0.25) is 0 Å². The van der Waals surface area contributed by atoms with Crippen molar-refractivity contribution in [3.8, 4) is 17.6 Å². The lowest BCUT2D eigenvalue weighted by molar-refractivity contribution is -0.137. The van der Waals surface area contributed by atoms with E-state index in [1.807, 2.05) is 18.2 Å². The minimum Gasteiger partial charge on any atom is -0.497 e. The van der Waals surface area contributed by atoms with E-state index in [2.05, 4.69) is 40.1 Å². The number of aryl methyl sites for hydroxylation is 1. The summed E-state index contributed by atoms with van der Waals surface area (Å²) >= 11 is 1.65. The number of carbonyl (C=O) groups is 1. The molecule has 0 spiro atoms. The minimum absolute atomic E-state index is 0.142. The third kappa shape index (κ3) is 6.63. The molecule has 0 aliphatic carbocycles. The van der Waals surface area contributed by atoms with E-state index < -0.39 is 12.1 Å².